The lowest BCUT2D eigenvalue weighted by atomic mass is 10.1. The van der Waals surface area contributed by atoms with E-state index in [0.29, 0.717) is 0 Å². The lowest BCUT2D eigenvalue weighted by Crippen LogP contribution is -2.22. The first-order valence-electron chi connectivity index (χ1n) is 6.37. The van der Waals surface area contributed by atoms with Crippen molar-refractivity contribution in [2.45, 2.75) is 13.0 Å². The summed E-state index contributed by atoms with van der Waals surface area (Å²) in [5, 5.41) is 3.37. The van der Waals surface area contributed by atoms with E-state index in [1.807, 2.05) is 36.4 Å². The maximum Gasteiger partial charge on any atom is 0.126 e. The summed E-state index contributed by atoms with van der Waals surface area (Å²) >= 11 is 0. The van der Waals surface area contributed by atoms with Crippen LogP contribution in [0.4, 0.5) is 0 Å². The molecule has 0 aliphatic rings. The van der Waals surface area contributed by atoms with Crippen LogP contribution in [0.25, 0.3) is 11.0 Å². The van der Waals surface area contributed by atoms with E-state index in [1.165, 1.54) is 0 Å². The molecule has 0 saturated heterocycles. The molecular weight excluding hydrogens is 238 g/mol. The molecule has 0 aliphatic heterocycles. The van der Waals surface area contributed by atoms with Gasteiger partial charge >= 0.3 is 0 Å². The van der Waals surface area contributed by atoms with Gasteiger partial charge in [0.25, 0.3) is 0 Å². The molecule has 0 radical (unpaired) electrons. The highest BCUT2D eigenvalue weighted by Crippen LogP contribution is 2.21. The topological polar surface area (TPSA) is 51.0 Å². The maximum absolute atomic E-state index is 5.48. The second-order valence-corrected chi connectivity index (χ2v) is 4.29. The molecule has 0 saturated carbocycles. The van der Waals surface area contributed by atoms with Crippen molar-refractivity contribution in [3.8, 4) is 0 Å². The second kappa shape index (κ2) is 5.20. The molecule has 1 atom stereocenters. The van der Waals surface area contributed by atoms with E-state index in [4.69, 9.17) is 4.42 Å². The van der Waals surface area contributed by atoms with Crippen LogP contribution in [0.1, 0.15) is 24.4 Å². The molecule has 0 fully saturated rings. The molecule has 0 amide bonds. The number of nitrogens with one attached hydrogen (secondary N) is 1. The Kier molecular flexibility index (Phi) is 3.25. The van der Waals surface area contributed by atoms with Gasteiger partial charge in [-0.25, -0.2) is 4.98 Å². The van der Waals surface area contributed by atoms with Gasteiger partial charge in [0.2, 0.25) is 0 Å². The molecule has 0 bridgehead atoms. The summed E-state index contributed by atoms with van der Waals surface area (Å²) < 4.78 is 5.48. The number of rotatable bonds is 4. The van der Waals surface area contributed by atoms with E-state index in [9.17, 15) is 0 Å². The third kappa shape index (κ3) is 2.35. The molecule has 19 heavy (non-hydrogen) atoms. The number of hydrogen-bond donors (Lipinski definition) is 1. The third-order valence-electron chi connectivity index (χ3n) is 3.00. The van der Waals surface area contributed by atoms with Crippen LogP contribution in [-0.2, 0) is 0 Å². The van der Waals surface area contributed by atoms with E-state index in [0.717, 1.165) is 29.0 Å². The molecule has 96 valence electrons. The maximum atomic E-state index is 5.48. The summed E-state index contributed by atoms with van der Waals surface area (Å²) in [4.78, 5) is 9.12. The number of para-hydroxylation sites is 2. The van der Waals surface area contributed by atoms with E-state index in [2.05, 4.69) is 22.2 Å². The Labute approximate surface area is 111 Å². The van der Waals surface area contributed by atoms with E-state index >= 15 is 0 Å². The van der Waals surface area contributed by atoms with Crippen LogP contribution in [0, 0.1) is 0 Å². The smallest absolute Gasteiger partial charge is 0.126 e. The first-order valence-corrected chi connectivity index (χ1v) is 6.37. The molecule has 3 aromatic rings. The van der Waals surface area contributed by atoms with E-state index < -0.39 is 0 Å². The molecule has 1 aromatic carbocycles. The van der Waals surface area contributed by atoms with Crippen molar-refractivity contribution in [1.29, 1.82) is 0 Å². The van der Waals surface area contributed by atoms with Gasteiger partial charge in [0.05, 0.1) is 29.2 Å². The average molecular weight is 253 g/mol. The van der Waals surface area contributed by atoms with Crippen LogP contribution >= 0.6 is 0 Å². The van der Waals surface area contributed by atoms with Gasteiger partial charge in [0.15, 0.2) is 0 Å². The highest BCUT2D eigenvalue weighted by atomic mass is 16.3. The van der Waals surface area contributed by atoms with Gasteiger partial charge in [0.1, 0.15) is 11.8 Å². The Morgan fingerprint density at radius 3 is 2.74 bits per heavy atom. The standard InChI is InChI=1S/C15H15N3O/c1-2-16-15(14-8-5-9-19-14)13-10-17-11-6-3-4-7-12(11)18-13/h3-10,15-16H,2H2,1H3. The summed E-state index contributed by atoms with van der Waals surface area (Å²) in [6, 6.07) is 11.6. The van der Waals surface area contributed by atoms with Crippen LogP contribution in [-0.4, -0.2) is 16.5 Å². The van der Waals surface area contributed by atoms with Crippen LogP contribution in [0.15, 0.2) is 53.3 Å². The molecular formula is C15H15N3O. The Morgan fingerprint density at radius 2 is 2.00 bits per heavy atom. The number of aromatic nitrogens is 2. The monoisotopic (exact) mass is 253 g/mol. The molecule has 1 N–H and O–H groups in total. The first-order chi connectivity index (χ1) is 9.38. The van der Waals surface area contributed by atoms with Gasteiger partial charge < -0.3 is 9.73 Å². The molecule has 2 aromatic heterocycles. The molecule has 0 spiro atoms. The lowest BCUT2D eigenvalue weighted by molar-refractivity contribution is 0.447. The fraction of sp³-hybridized carbons (Fsp3) is 0.200. The Bertz CT molecular complexity index is 664. The summed E-state index contributed by atoms with van der Waals surface area (Å²) in [6.45, 7) is 2.89. The van der Waals surface area contributed by atoms with Crippen LogP contribution in [0.2, 0.25) is 0 Å². The predicted octanol–water partition coefficient (Wildman–Crippen LogP) is 2.92. The number of benzene rings is 1. The van der Waals surface area contributed by atoms with Crippen molar-refractivity contribution in [3.05, 3.63) is 60.3 Å². The van der Waals surface area contributed by atoms with Gasteiger partial charge in [-0.05, 0) is 30.8 Å². The summed E-state index contributed by atoms with van der Waals surface area (Å²) in [7, 11) is 0. The number of hydrogen-bond acceptors (Lipinski definition) is 4. The van der Waals surface area contributed by atoms with Gasteiger partial charge in [-0.2, -0.15) is 0 Å². The highest BCUT2D eigenvalue weighted by molar-refractivity contribution is 5.73. The van der Waals surface area contributed by atoms with Gasteiger partial charge in [-0.3, -0.25) is 4.98 Å². The summed E-state index contributed by atoms with van der Waals surface area (Å²) in [6.07, 6.45) is 3.48. The normalized spacial score (nSPS) is 12.7. The summed E-state index contributed by atoms with van der Waals surface area (Å²) in [5.41, 5.74) is 2.67. The van der Waals surface area contributed by atoms with Gasteiger partial charge in [-0.1, -0.05) is 19.1 Å². The Hall–Kier alpha value is -2.20. The van der Waals surface area contributed by atoms with Crippen molar-refractivity contribution < 1.29 is 4.42 Å². The minimum atomic E-state index is -0.0582. The zero-order valence-electron chi connectivity index (χ0n) is 10.7. The fourth-order valence-corrected chi connectivity index (χ4v) is 2.12. The molecule has 3 rings (SSSR count). The van der Waals surface area contributed by atoms with Gasteiger partial charge in [0, 0.05) is 0 Å². The molecule has 1 unspecified atom stereocenters. The third-order valence-corrected chi connectivity index (χ3v) is 3.00. The number of fused-ring (bicyclic) bond motifs is 1. The summed E-state index contributed by atoms with van der Waals surface area (Å²) in [5.74, 6) is 0.853. The van der Waals surface area contributed by atoms with Crippen molar-refractivity contribution >= 4 is 11.0 Å². The second-order valence-electron chi connectivity index (χ2n) is 4.29. The van der Waals surface area contributed by atoms with Crippen molar-refractivity contribution in [2.75, 3.05) is 6.54 Å². The molecule has 4 nitrogen and oxygen atoms in total. The van der Waals surface area contributed by atoms with Crippen molar-refractivity contribution in [2.24, 2.45) is 0 Å². The Balaban J connectivity index is 2.05. The van der Waals surface area contributed by atoms with Crippen LogP contribution < -0.4 is 5.32 Å². The number of furan rings is 1. The van der Waals surface area contributed by atoms with Crippen molar-refractivity contribution in [1.82, 2.24) is 15.3 Å². The first kappa shape index (κ1) is 11.9. The minimum Gasteiger partial charge on any atom is -0.467 e. The highest BCUT2D eigenvalue weighted by Gasteiger charge is 2.17. The number of nitrogens with zero attached hydrogens (tertiary/aromatic N) is 2. The lowest BCUT2D eigenvalue weighted by Gasteiger charge is -2.14. The SMILES string of the molecule is CCNC(c1cnc2ccccc2n1)c1ccco1. The quantitative estimate of drug-likeness (QED) is 0.776. The van der Waals surface area contributed by atoms with Crippen LogP contribution in [0.3, 0.4) is 0 Å². The van der Waals surface area contributed by atoms with E-state index in [1.54, 1.807) is 12.5 Å². The minimum absolute atomic E-state index is 0.0582. The zero-order valence-corrected chi connectivity index (χ0v) is 10.7. The molecule has 0 aliphatic carbocycles. The average Bonchev–Trinajstić information content (AvgIpc) is 2.98. The van der Waals surface area contributed by atoms with Gasteiger partial charge in [-0.15, -0.1) is 0 Å². The zero-order chi connectivity index (χ0) is 13.1. The largest absolute Gasteiger partial charge is 0.467 e. The van der Waals surface area contributed by atoms with E-state index in [-0.39, 0.29) is 6.04 Å². The Morgan fingerprint density at radius 1 is 1.16 bits per heavy atom. The van der Waals surface area contributed by atoms with Crippen LogP contribution in [0.5, 0.6) is 0 Å². The molecule has 2 heterocycles. The fourth-order valence-electron chi connectivity index (χ4n) is 2.12. The predicted molar refractivity (Wildman–Crippen MR) is 73.8 cm³/mol. The molecule has 4 heteroatoms. The van der Waals surface area contributed by atoms with Crippen molar-refractivity contribution in [3.63, 3.8) is 0 Å².